The maximum atomic E-state index is 12.1. The average Bonchev–Trinajstić information content (AvgIpc) is 3.21. The zero-order chi connectivity index (χ0) is 18.2. The van der Waals surface area contributed by atoms with Gasteiger partial charge in [-0.3, -0.25) is 9.78 Å². The molecule has 0 saturated carbocycles. The molecule has 1 aromatic carbocycles. The summed E-state index contributed by atoms with van der Waals surface area (Å²) in [6.45, 7) is 0.359. The van der Waals surface area contributed by atoms with Crippen LogP contribution in [0.1, 0.15) is 32.0 Å². The standard InChI is InChI=1S/C20H18N2O3S/c23-19(18-4-2-14-26-18)22-17-7-5-16(6-8-17)20(24)25-13-1-3-15-9-11-21-12-10-15/h2,4-12,14H,1,3,13H2,(H,22,23). The lowest BCUT2D eigenvalue weighted by Crippen LogP contribution is -2.11. The average molecular weight is 366 g/mol. The van der Waals surface area contributed by atoms with Crippen LogP contribution < -0.4 is 5.32 Å². The van der Waals surface area contributed by atoms with E-state index < -0.39 is 0 Å². The quantitative estimate of drug-likeness (QED) is 0.503. The van der Waals surface area contributed by atoms with Crippen molar-refractivity contribution in [3.8, 4) is 0 Å². The van der Waals surface area contributed by atoms with E-state index in [1.807, 2.05) is 23.6 Å². The molecule has 0 aliphatic carbocycles. The molecule has 26 heavy (non-hydrogen) atoms. The van der Waals surface area contributed by atoms with E-state index in [0.29, 0.717) is 22.7 Å². The Bertz CT molecular complexity index is 847. The summed E-state index contributed by atoms with van der Waals surface area (Å²) in [6.07, 6.45) is 5.09. The number of thiophene rings is 1. The van der Waals surface area contributed by atoms with Gasteiger partial charge in [-0.25, -0.2) is 4.79 Å². The molecule has 0 unspecified atom stereocenters. The predicted octanol–water partition coefficient (Wildman–Crippen LogP) is 4.19. The Balaban J connectivity index is 1.45. The third-order valence-electron chi connectivity index (χ3n) is 3.72. The number of nitrogens with zero attached hydrogens (tertiary/aromatic N) is 1. The summed E-state index contributed by atoms with van der Waals surface area (Å²) in [5, 5.41) is 4.65. The highest BCUT2D eigenvalue weighted by molar-refractivity contribution is 7.12. The summed E-state index contributed by atoms with van der Waals surface area (Å²) in [5.74, 6) is -0.526. The molecule has 0 fully saturated rings. The first-order valence-corrected chi connectivity index (χ1v) is 9.11. The van der Waals surface area contributed by atoms with Gasteiger partial charge >= 0.3 is 5.97 Å². The summed E-state index contributed by atoms with van der Waals surface area (Å²) in [4.78, 5) is 28.7. The van der Waals surface area contributed by atoms with Gasteiger partial charge in [0.15, 0.2) is 0 Å². The lowest BCUT2D eigenvalue weighted by molar-refractivity contribution is 0.0500. The highest BCUT2D eigenvalue weighted by Crippen LogP contribution is 2.15. The number of carbonyl (C=O) groups is 2. The van der Waals surface area contributed by atoms with Crippen molar-refractivity contribution in [2.75, 3.05) is 11.9 Å². The minimum Gasteiger partial charge on any atom is -0.462 e. The van der Waals surface area contributed by atoms with Gasteiger partial charge in [-0.05, 0) is 66.2 Å². The molecule has 0 saturated heterocycles. The van der Waals surface area contributed by atoms with E-state index in [2.05, 4.69) is 10.3 Å². The largest absolute Gasteiger partial charge is 0.462 e. The van der Waals surface area contributed by atoms with Crippen LogP contribution in [-0.4, -0.2) is 23.5 Å². The highest BCUT2D eigenvalue weighted by Gasteiger charge is 2.09. The van der Waals surface area contributed by atoms with Gasteiger partial charge in [0.2, 0.25) is 0 Å². The number of esters is 1. The molecule has 0 spiro atoms. The molecule has 2 heterocycles. The second-order valence-corrected chi connectivity index (χ2v) is 6.55. The number of rotatable bonds is 7. The third kappa shape index (κ3) is 5.00. The molecule has 0 atom stereocenters. The van der Waals surface area contributed by atoms with Crippen LogP contribution in [0.25, 0.3) is 0 Å². The summed E-state index contributed by atoms with van der Waals surface area (Å²) in [6, 6.07) is 14.2. The van der Waals surface area contributed by atoms with Gasteiger partial charge < -0.3 is 10.1 Å². The first-order valence-electron chi connectivity index (χ1n) is 8.23. The summed E-state index contributed by atoms with van der Waals surface area (Å²) in [7, 11) is 0. The van der Waals surface area contributed by atoms with Crippen molar-refractivity contribution in [2.45, 2.75) is 12.8 Å². The number of nitrogens with one attached hydrogen (secondary N) is 1. The van der Waals surface area contributed by atoms with E-state index in [0.717, 1.165) is 12.8 Å². The van der Waals surface area contributed by atoms with Crippen molar-refractivity contribution in [1.29, 1.82) is 0 Å². The van der Waals surface area contributed by atoms with E-state index >= 15 is 0 Å². The minimum absolute atomic E-state index is 0.161. The SMILES string of the molecule is O=C(OCCCc1ccncc1)c1ccc(NC(=O)c2cccs2)cc1. The predicted molar refractivity (Wildman–Crippen MR) is 102 cm³/mol. The van der Waals surface area contributed by atoms with Crippen LogP contribution in [0.3, 0.4) is 0 Å². The minimum atomic E-state index is -0.365. The molecule has 0 aliphatic heterocycles. The van der Waals surface area contributed by atoms with Crippen molar-refractivity contribution < 1.29 is 14.3 Å². The van der Waals surface area contributed by atoms with E-state index in [-0.39, 0.29) is 11.9 Å². The van der Waals surface area contributed by atoms with Crippen LogP contribution in [0.4, 0.5) is 5.69 Å². The molecule has 3 aromatic rings. The fourth-order valence-electron chi connectivity index (χ4n) is 2.36. The number of ether oxygens (including phenoxy) is 1. The molecular weight excluding hydrogens is 348 g/mol. The molecule has 6 heteroatoms. The molecule has 1 N–H and O–H groups in total. The molecule has 5 nitrogen and oxygen atoms in total. The number of aromatic nitrogens is 1. The van der Waals surface area contributed by atoms with E-state index in [4.69, 9.17) is 4.74 Å². The van der Waals surface area contributed by atoms with Crippen molar-refractivity contribution in [2.24, 2.45) is 0 Å². The molecule has 132 valence electrons. The number of anilines is 1. The highest BCUT2D eigenvalue weighted by atomic mass is 32.1. The monoisotopic (exact) mass is 366 g/mol. The van der Waals surface area contributed by atoms with Crippen LogP contribution in [0, 0.1) is 0 Å². The van der Waals surface area contributed by atoms with E-state index in [9.17, 15) is 9.59 Å². The number of carbonyl (C=O) groups excluding carboxylic acids is 2. The van der Waals surface area contributed by atoms with Crippen molar-refractivity contribution in [3.05, 3.63) is 82.3 Å². The number of aryl methyl sites for hydroxylation is 1. The fourth-order valence-corrected chi connectivity index (χ4v) is 2.98. The number of benzene rings is 1. The Morgan fingerprint density at radius 2 is 1.81 bits per heavy atom. The molecule has 0 bridgehead atoms. The van der Waals surface area contributed by atoms with Crippen molar-refractivity contribution in [3.63, 3.8) is 0 Å². The number of hydrogen-bond donors (Lipinski definition) is 1. The van der Waals surface area contributed by atoms with Crippen LogP contribution in [0.5, 0.6) is 0 Å². The second kappa shape index (κ2) is 8.92. The van der Waals surface area contributed by atoms with Gasteiger partial charge in [0.1, 0.15) is 0 Å². The van der Waals surface area contributed by atoms with E-state index in [1.165, 1.54) is 16.9 Å². The Labute approximate surface area is 155 Å². The van der Waals surface area contributed by atoms with Gasteiger partial charge in [0.25, 0.3) is 5.91 Å². The number of amides is 1. The van der Waals surface area contributed by atoms with Gasteiger partial charge in [0.05, 0.1) is 17.0 Å². The lowest BCUT2D eigenvalue weighted by Gasteiger charge is -2.07. The maximum absolute atomic E-state index is 12.1. The zero-order valence-corrected chi connectivity index (χ0v) is 14.9. The first-order chi connectivity index (χ1) is 12.7. The first kappa shape index (κ1) is 17.8. The van der Waals surface area contributed by atoms with Gasteiger partial charge in [-0.2, -0.15) is 0 Å². The molecule has 3 rings (SSSR count). The van der Waals surface area contributed by atoms with Crippen LogP contribution >= 0.6 is 11.3 Å². The summed E-state index contributed by atoms with van der Waals surface area (Å²) < 4.78 is 5.29. The summed E-state index contributed by atoms with van der Waals surface area (Å²) >= 11 is 1.38. The topological polar surface area (TPSA) is 68.3 Å². The van der Waals surface area contributed by atoms with Crippen LogP contribution in [-0.2, 0) is 11.2 Å². The molecule has 0 aliphatic rings. The number of pyridine rings is 1. The lowest BCUT2D eigenvalue weighted by atomic mass is 10.1. The Morgan fingerprint density at radius 1 is 1.04 bits per heavy atom. The van der Waals surface area contributed by atoms with Crippen LogP contribution in [0.15, 0.2) is 66.3 Å². The second-order valence-electron chi connectivity index (χ2n) is 5.60. The van der Waals surface area contributed by atoms with Crippen molar-refractivity contribution in [1.82, 2.24) is 4.98 Å². The van der Waals surface area contributed by atoms with Crippen molar-refractivity contribution >= 4 is 28.9 Å². The number of hydrogen-bond acceptors (Lipinski definition) is 5. The zero-order valence-electron chi connectivity index (χ0n) is 14.1. The smallest absolute Gasteiger partial charge is 0.338 e. The van der Waals surface area contributed by atoms with Crippen LogP contribution in [0.2, 0.25) is 0 Å². The fraction of sp³-hybridized carbons (Fsp3) is 0.150. The molecule has 0 radical (unpaired) electrons. The molecule has 1 amide bonds. The normalized spacial score (nSPS) is 10.3. The Morgan fingerprint density at radius 3 is 2.50 bits per heavy atom. The Hall–Kier alpha value is -2.99. The molecular formula is C20H18N2O3S. The maximum Gasteiger partial charge on any atom is 0.338 e. The Kier molecular flexibility index (Phi) is 6.11. The third-order valence-corrected chi connectivity index (χ3v) is 4.58. The van der Waals surface area contributed by atoms with Gasteiger partial charge in [0, 0.05) is 18.1 Å². The van der Waals surface area contributed by atoms with Gasteiger partial charge in [-0.15, -0.1) is 11.3 Å². The molecule has 2 aromatic heterocycles. The summed E-state index contributed by atoms with van der Waals surface area (Å²) in [5.41, 5.74) is 2.27. The van der Waals surface area contributed by atoms with E-state index in [1.54, 1.807) is 42.7 Å². The van der Waals surface area contributed by atoms with Gasteiger partial charge in [-0.1, -0.05) is 6.07 Å².